The van der Waals surface area contributed by atoms with Crippen molar-refractivity contribution >= 4 is 29.4 Å². The van der Waals surface area contributed by atoms with E-state index in [2.05, 4.69) is 17.2 Å². The van der Waals surface area contributed by atoms with Gasteiger partial charge in [-0.15, -0.1) is 6.58 Å². The van der Waals surface area contributed by atoms with Crippen molar-refractivity contribution in [3.63, 3.8) is 0 Å². The number of nitrogens with one attached hydrogen (secondary N) is 2. The third-order valence-electron chi connectivity index (χ3n) is 6.21. The van der Waals surface area contributed by atoms with E-state index in [1.807, 2.05) is 51.1 Å². The van der Waals surface area contributed by atoms with Crippen molar-refractivity contribution < 1.29 is 14.4 Å². The van der Waals surface area contributed by atoms with Gasteiger partial charge in [0.2, 0.25) is 5.91 Å². The van der Waals surface area contributed by atoms with Gasteiger partial charge in [0.05, 0.1) is 23.9 Å². The minimum Gasteiger partial charge on any atom is -0.350 e. The van der Waals surface area contributed by atoms with Gasteiger partial charge in [-0.1, -0.05) is 60.1 Å². The van der Waals surface area contributed by atoms with Crippen LogP contribution >= 0.6 is 11.6 Å². The number of urea groups is 1. The number of benzene rings is 2. The SMILES string of the molecule is C=CCN1C(=O)N[C@@H](c2ccc(Cl)cc2)C2=C1CN([C@@H](Cc1ccccc1)C(=O)NC(C)(C)C)C2=O. The zero-order chi connectivity index (χ0) is 26.0. The molecule has 36 heavy (non-hydrogen) atoms. The summed E-state index contributed by atoms with van der Waals surface area (Å²) in [6, 6.07) is 14.9. The van der Waals surface area contributed by atoms with Crippen LogP contribution in [0.5, 0.6) is 0 Å². The maximum atomic E-state index is 14.0. The smallest absolute Gasteiger partial charge is 0.322 e. The predicted octanol–water partition coefficient (Wildman–Crippen LogP) is 4.21. The Bertz CT molecular complexity index is 1200. The molecule has 7 nitrogen and oxygen atoms in total. The van der Waals surface area contributed by atoms with Crippen molar-refractivity contribution in [2.75, 3.05) is 13.1 Å². The van der Waals surface area contributed by atoms with Crippen molar-refractivity contribution in [3.8, 4) is 0 Å². The Balaban J connectivity index is 1.74. The molecule has 188 valence electrons. The van der Waals surface area contributed by atoms with Gasteiger partial charge >= 0.3 is 6.03 Å². The molecular weight excluding hydrogens is 476 g/mol. The lowest BCUT2D eigenvalue weighted by Crippen LogP contribution is -2.54. The third kappa shape index (κ3) is 5.31. The predicted molar refractivity (Wildman–Crippen MR) is 140 cm³/mol. The van der Waals surface area contributed by atoms with Crippen LogP contribution in [-0.2, 0) is 16.0 Å². The van der Waals surface area contributed by atoms with E-state index < -0.39 is 17.6 Å². The van der Waals surface area contributed by atoms with Crippen molar-refractivity contribution in [2.45, 2.75) is 44.8 Å². The highest BCUT2D eigenvalue weighted by Gasteiger charge is 2.47. The van der Waals surface area contributed by atoms with E-state index >= 15 is 0 Å². The zero-order valence-electron chi connectivity index (χ0n) is 20.8. The Morgan fingerprint density at radius 2 is 1.83 bits per heavy atom. The molecule has 0 saturated heterocycles. The summed E-state index contributed by atoms with van der Waals surface area (Å²) in [7, 11) is 0. The minimum atomic E-state index is -0.753. The fourth-order valence-corrected chi connectivity index (χ4v) is 4.75. The van der Waals surface area contributed by atoms with Gasteiger partial charge in [-0.2, -0.15) is 0 Å². The molecule has 0 fully saturated rings. The molecule has 4 rings (SSSR count). The van der Waals surface area contributed by atoms with Crippen LogP contribution in [0.15, 0.2) is 78.5 Å². The van der Waals surface area contributed by atoms with Crippen molar-refractivity contribution in [1.82, 2.24) is 20.4 Å². The Labute approximate surface area is 216 Å². The van der Waals surface area contributed by atoms with E-state index in [0.29, 0.717) is 22.7 Å². The Morgan fingerprint density at radius 3 is 2.44 bits per heavy atom. The van der Waals surface area contributed by atoms with Gasteiger partial charge in [0, 0.05) is 23.5 Å². The number of carbonyl (C=O) groups is 3. The fourth-order valence-electron chi connectivity index (χ4n) is 4.63. The van der Waals surface area contributed by atoms with Gasteiger partial charge in [0.1, 0.15) is 6.04 Å². The van der Waals surface area contributed by atoms with Crippen LogP contribution in [-0.4, -0.2) is 52.3 Å². The number of nitrogens with zero attached hydrogens (tertiary/aromatic N) is 2. The summed E-state index contributed by atoms with van der Waals surface area (Å²) < 4.78 is 0. The molecule has 0 aromatic heterocycles. The quantitative estimate of drug-likeness (QED) is 0.552. The second-order valence-electron chi connectivity index (χ2n) is 10.1. The van der Waals surface area contributed by atoms with Crippen LogP contribution in [0.2, 0.25) is 5.02 Å². The summed E-state index contributed by atoms with van der Waals surface area (Å²) in [6.07, 6.45) is 1.97. The van der Waals surface area contributed by atoms with Gasteiger partial charge in [0.15, 0.2) is 0 Å². The standard InChI is InChI=1S/C28H31ClN4O3/c1-5-15-32-22-17-33(21(25(34)31-28(2,3)4)16-18-9-7-6-8-10-18)26(35)23(22)24(30-27(32)36)19-11-13-20(29)14-12-19/h5-14,21,24H,1,15-17H2,2-4H3,(H,30,36)(H,31,34)/t21-,24-/m0/s1. The van der Waals surface area contributed by atoms with E-state index in [9.17, 15) is 14.4 Å². The van der Waals surface area contributed by atoms with Gasteiger partial charge < -0.3 is 15.5 Å². The van der Waals surface area contributed by atoms with Crippen molar-refractivity contribution in [3.05, 3.63) is 94.7 Å². The lowest BCUT2D eigenvalue weighted by Gasteiger charge is -2.33. The highest BCUT2D eigenvalue weighted by molar-refractivity contribution is 6.30. The number of hydrogen-bond donors (Lipinski definition) is 2. The maximum Gasteiger partial charge on any atom is 0.322 e. The lowest BCUT2D eigenvalue weighted by atomic mass is 9.95. The first kappa shape index (κ1) is 25.5. The molecule has 2 aliphatic heterocycles. The zero-order valence-corrected chi connectivity index (χ0v) is 21.5. The first-order valence-electron chi connectivity index (χ1n) is 11.9. The normalized spacial score (nSPS) is 18.6. The summed E-state index contributed by atoms with van der Waals surface area (Å²) in [6.45, 7) is 9.88. The minimum absolute atomic E-state index is 0.147. The molecule has 2 N–H and O–H groups in total. The molecule has 0 unspecified atom stereocenters. The first-order chi connectivity index (χ1) is 17.1. The molecule has 2 heterocycles. The molecule has 0 saturated carbocycles. The summed E-state index contributed by atoms with van der Waals surface area (Å²) in [5.74, 6) is -0.513. The van der Waals surface area contributed by atoms with Crippen LogP contribution in [0.3, 0.4) is 0 Å². The number of halogens is 1. The maximum absolute atomic E-state index is 14.0. The van der Waals surface area contributed by atoms with E-state index in [0.717, 1.165) is 11.1 Å². The van der Waals surface area contributed by atoms with Gasteiger partial charge in [-0.3, -0.25) is 14.5 Å². The second-order valence-corrected chi connectivity index (χ2v) is 10.5. The molecule has 0 spiro atoms. The monoisotopic (exact) mass is 506 g/mol. The summed E-state index contributed by atoms with van der Waals surface area (Å²) >= 11 is 6.07. The lowest BCUT2D eigenvalue weighted by molar-refractivity contribution is -0.137. The largest absolute Gasteiger partial charge is 0.350 e. The van der Waals surface area contributed by atoms with E-state index in [4.69, 9.17) is 11.6 Å². The first-order valence-corrected chi connectivity index (χ1v) is 12.3. The average molecular weight is 507 g/mol. The van der Waals surface area contributed by atoms with Crippen LogP contribution < -0.4 is 10.6 Å². The molecule has 2 atom stereocenters. The summed E-state index contributed by atoms with van der Waals surface area (Å²) in [4.78, 5) is 43.7. The topological polar surface area (TPSA) is 81.8 Å². The van der Waals surface area contributed by atoms with Crippen molar-refractivity contribution in [1.29, 1.82) is 0 Å². The molecule has 4 amide bonds. The highest BCUT2D eigenvalue weighted by atomic mass is 35.5. The van der Waals surface area contributed by atoms with E-state index in [1.165, 1.54) is 4.90 Å². The Hall–Kier alpha value is -3.58. The van der Waals surface area contributed by atoms with Crippen LogP contribution in [0, 0.1) is 0 Å². The van der Waals surface area contributed by atoms with Crippen LogP contribution in [0.4, 0.5) is 4.79 Å². The molecule has 2 aromatic carbocycles. The van der Waals surface area contributed by atoms with Gasteiger partial charge in [0.25, 0.3) is 5.91 Å². The third-order valence-corrected chi connectivity index (χ3v) is 6.47. The fraction of sp³-hybridized carbons (Fsp3) is 0.321. The molecule has 0 radical (unpaired) electrons. The Kier molecular flexibility index (Phi) is 7.22. The highest BCUT2D eigenvalue weighted by Crippen LogP contribution is 2.37. The number of amides is 4. The van der Waals surface area contributed by atoms with E-state index in [-0.39, 0.29) is 30.9 Å². The summed E-state index contributed by atoms with van der Waals surface area (Å²) in [5.41, 5.74) is 2.26. The summed E-state index contributed by atoms with van der Waals surface area (Å²) in [5, 5.41) is 6.55. The van der Waals surface area contributed by atoms with Crippen LogP contribution in [0.1, 0.15) is 37.9 Å². The molecule has 2 aliphatic rings. The molecule has 0 bridgehead atoms. The van der Waals surface area contributed by atoms with E-state index in [1.54, 1.807) is 35.2 Å². The molecule has 0 aliphatic carbocycles. The van der Waals surface area contributed by atoms with Gasteiger partial charge in [-0.25, -0.2) is 4.79 Å². The van der Waals surface area contributed by atoms with Crippen molar-refractivity contribution in [2.24, 2.45) is 0 Å². The number of rotatable bonds is 7. The average Bonchev–Trinajstić information content (AvgIpc) is 3.16. The molecule has 2 aromatic rings. The number of carbonyl (C=O) groups excluding carboxylic acids is 3. The van der Waals surface area contributed by atoms with Gasteiger partial charge in [-0.05, 0) is 44.0 Å². The molecule has 8 heteroatoms. The Morgan fingerprint density at radius 1 is 1.17 bits per heavy atom. The molecular formula is C28H31ClN4O3. The number of hydrogen-bond acceptors (Lipinski definition) is 3. The second kappa shape index (κ2) is 10.2. The van der Waals surface area contributed by atoms with Crippen LogP contribution in [0.25, 0.3) is 0 Å².